The van der Waals surface area contributed by atoms with Crippen LogP contribution in [0.25, 0.3) is 0 Å². The highest BCUT2D eigenvalue weighted by molar-refractivity contribution is 5.91. The van der Waals surface area contributed by atoms with Gasteiger partial charge in [-0.1, -0.05) is 6.92 Å². The first-order chi connectivity index (χ1) is 16.9. The summed E-state index contributed by atoms with van der Waals surface area (Å²) in [5.41, 5.74) is 0.118. The molecular formula is C23H28O12. The Bertz CT molecular complexity index is 890. The highest BCUT2D eigenvalue weighted by Gasteiger charge is 2.23. The van der Waals surface area contributed by atoms with Gasteiger partial charge in [0.2, 0.25) is 17.8 Å². The van der Waals surface area contributed by atoms with Gasteiger partial charge < -0.3 is 28.4 Å². The quantitative estimate of drug-likeness (QED) is 0.229. The van der Waals surface area contributed by atoms with Gasteiger partial charge >= 0.3 is 11.9 Å². The summed E-state index contributed by atoms with van der Waals surface area (Å²) in [7, 11) is 8.50. The van der Waals surface area contributed by atoms with Crippen molar-refractivity contribution < 1.29 is 57.6 Å². The molecule has 0 aliphatic carbocycles. The van der Waals surface area contributed by atoms with E-state index in [2.05, 4.69) is 0 Å². The van der Waals surface area contributed by atoms with E-state index in [0.29, 0.717) is 11.5 Å². The standard InChI is InChI=1S/C23H28O12/c1-8-19(32-34-22(24)13-9-15(26-2)20(30-6)16(10-13)27-3)33-35-23(25)14-11-17(28-4)21(31-7)18(12-14)29-5/h9-12,19H,8H2,1-7H3. The maximum Gasteiger partial charge on any atom is 0.373 e. The van der Waals surface area contributed by atoms with Crippen molar-refractivity contribution in [2.75, 3.05) is 42.7 Å². The Balaban J connectivity index is 2.04. The van der Waals surface area contributed by atoms with Crippen LogP contribution in [0.3, 0.4) is 0 Å². The summed E-state index contributed by atoms with van der Waals surface area (Å²) < 4.78 is 31.3. The Kier molecular flexibility index (Phi) is 10.2. The van der Waals surface area contributed by atoms with E-state index in [0.717, 1.165) is 0 Å². The third-order valence-corrected chi connectivity index (χ3v) is 4.60. The van der Waals surface area contributed by atoms with Crippen molar-refractivity contribution in [3.05, 3.63) is 35.4 Å². The first-order valence-electron chi connectivity index (χ1n) is 10.2. The van der Waals surface area contributed by atoms with Crippen molar-refractivity contribution >= 4 is 11.9 Å². The molecule has 0 unspecified atom stereocenters. The first kappa shape index (κ1) is 27.3. The zero-order valence-corrected chi connectivity index (χ0v) is 20.5. The molecule has 12 heteroatoms. The molecule has 0 heterocycles. The lowest BCUT2D eigenvalue weighted by Crippen LogP contribution is -2.21. The summed E-state index contributed by atoms with van der Waals surface area (Å²) in [4.78, 5) is 44.6. The number of hydrogen-bond donors (Lipinski definition) is 0. The Morgan fingerprint density at radius 1 is 0.600 bits per heavy atom. The molecule has 0 saturated carbocycles. The van der Waals surface area contributed by atoms with Gasteiger partial charge in [0.1, 0.15) is 0 Å². The molecule has 0 spiro atoms. The van der Waals surface area contributed by atoms with E-state index >= 15 is 0 Å². The molecule has 0 aliphatic heterocycles. The molecule has 2 aromatic carbocycles. The minimum atomic E-state index is -1.22. The molecule has 0 aliphatic rings. The van der Waals surface area contributed by atoms with Crippen LogP contribution in [0.4, 0.5) is 0 Å². The molecule has 2 aromatic rings. The summed E-state index contributed by atoms with van der Waals surface area (Å²) in [5.74, 6) is -0.128. The topological polar surface area (TPSA) is 126 Å². The summed E-state index contributed by atoms with van der Waals surface area (Å²) in [6, 6.07) is 5.55. The third-order valence-electron chi connectivity index (χ3n) is 4.60. The second kappa shape index (κ2) is 13.1. The van der Waals surface area contributed by atoms with Gasteiger partial charge in [-0.15, -0.1) is 9.78 Å². The fourth-order valence-electron chi connectivity index (χ4n) is 2.84. The fraction of sp³-hybridized carbons (Fsp3) is 0.391. The smallest absolute Gasteiger partial charge is 0.373 e. The first-order valence-corrected chi connectivity index (χ1v) is 10.2. The van der Waals surface area contributed by atoms with Crippen LogP contribution in [-0.4, -0.2) is 60.9 Å². The van der Waals surface area contributed by atoms with Crippen LogP contribution in [0.15, 0.2) is 24.3 Å². The van der Waals surface area contributed by atoms with E-state index in [4.69, 9.17) is 48.0 Å². The van der Waals surface area contributed by atoms with Crippen molar-refractivity contribution in [3.63, 3.8) is 0 Å². The summed E-state index contributed by atoms with van der Waals surface area (Å²) in [5, 5.41) is 0. The van der Waals surface area contributed by atoms with Crippen molar-refractivity contribution in [2.24, 2.45) is 0 Å². The SMILES string of the molecule is CCC(OOC(=O)c1cc(OC)c(OC)c(OC)c1)OOC(=O)c1cc(OC)c(OC)c(OC)c1. The fourth-order valence-corrected chi connectivity index (χ4v) is 2.84. The van der Waals surface area contributed by atoms with Crippen LogP contribution < -0.4 is 28.4 Å². The minimum absolute atomic E-state index is 0.0590. The molecule has 0 N–H and O–H groups in total. The number of methoxy groups -OCH3 is 6. The minimum Gasteiger partial charge on any atom is -0.493 e. The Morgan fingerprint density at radius 3 is 1.14 bits per heavy atom. The van der Waals surface area contributed by atoms with Crippen LogP contribution in [0.2, 0.25) is 0 Å². The number of ether oxygens (including phenoxy) is 6. The molecule has 2 rings (SSSR count). The van der Waals surface area contributed by atoms with Gasteiger partial charge in [-0.2, -0.15) is 0 Å². The maximum atomic E-state index is 12.5. The summed E-state index contributed by atoms with van der Waals surface area (Å²) >= 11 is 0. The number of benzene rings is 2. The average molecular weight is 496 g/mol. The second-order valence-electron chi connectivity index (χ2n) is 6.60. The highest BCUT2D eigenvalue weighted by Crippen LogP contribution is 2.39. The summed E-state index contributed by atoms with van der Waals surface area (Å²) in [6.07, 6.45) is -1.04. The van der Waals surface area contributed by atoms with Crippen LogP contribution >= 0.6 is 0 Å². The normalized spacial score (nSPS) is 10.4. The summed E-state index contributed by atoms with van der Waals surface area (Å²) in [6.45, 7) is 1.66. The number of carbonyl (C=O) groups excluding carboxylic acids is 2. The van der Waals surface area contributed by atoms with Gasteiger partial charge in [0, 0.05) is 6.42 Å². The van der Waals surface area contributed by atoms with Crippen molar-refractivity contribution in [1.29, 1.82) is 0 Å². The van der Waals surface area contributed by atoms with Gasteiger partial charge in [0.15, 0.2) is 23.0 Å². The van der Waals surface area contributed by atoms with Crippen molar-refractivity contribution in [1.82, 2.24) is 0 Å². The molecule has 35 heavy (non-hydrogen) atoms. The molecule has 0 aromatic heterocycles. The van der Waals surface area contributed by atoms with E-state index in [-0.39, 0.29) is 40.5 Å². The molecule has 0 radical (unpaired) electrons. The molecule has 0 bridgehead atoms. The molecule has 0 fully saturated rings. The third kappa shape index (κ3) is 6.58. The van der Waals surface area contributed by atoms with Crippen LogP contribution in [0.5, 0.6) is 34.5 Å². The molecule has 0 saturated heterocycles. The molecular weight excluding hydrogens is 468 g/mol. The van der Waals surface area contributed by atoms with E-state index in [1.807, 2.05) is 0 Å². The highest BCUT2D eigenvalue weighted by atomic mass is 17.3. The Morgan fingerprint density at radius 2 is 0.914 bits per heavy atom. The molecule has 0 atom stereocenters. The van der Waals surface area contributed by atoms with Gasteiger partial charge in [-0.3, -0.25) is 9.78 Å². The van der Waals surface area contributed by atoms with Gasteiger partial charge in [0.25, 0.3) is 0 Å². The zero-order chi connectivity index (χ0) is 26.0. The van der Waals surface area contributed by atoms with Crippen LogP contribution in [-0.2, 0) is 19.6 Å². The molecule has 12 nitrogen and oxygen atoms in total. The van der Waals surface area contributed by atoms with Crippen LogP contribution in [0.1, 0.15) is 34.1 Å². The maximum absolute atomic E-state index is 12.5. The predicted molar refractivity (Wildman–Crippen MR) is 119 cm³/mol. The van der Waals surface area contributed by atoms with Crippen LogP contribution in [0, 0.1) is 0 Å². The monoisotopic (exact) mass is 496 g/mol. The van der Waals surface area contributed by atoms with Gasteiger partial charge in [0.05, 0.1) is 53.8 Å². The molecule has 192 valence electrons. The van der Waals surface area contributed by atoms with E-state index in [1.165, 1.54) is 66.9 Å². The van der Waals surface area contributed by atoms with Crippen molar-refractivity contribution in [2.45, 2.75) is 19.6 Å². The van der Waals surface area contributed by atoms with E-state index in [9.17, 15) is 9.59 Å². The van der Waals surface area contributed by atoms with E-state index < -0.39 is 18.2 Å². The lowest BCUT2D eigenvalue weighted by molar-refractivity contribution is -0.420. The number of carbonyl (C=O) groups is 2. The lowest BCUT2D eigenvalue weighted by atomic mass is 10.2. The van der Waals surface area contributed by atoms with Crippen molar-refractivity contribution in [3.8, 4) is 34.5 Å². The number of hydrogen-bond acceptors (Lipinski definition) is 12. The zero-order valence-electron chi connectivity index (χ0n) is 20.5. The average Bonchev–Trinajstić information content (AvgIpc) is 2.90. The van der Waals surface area contributed by atoms with Gasteiger partial charge in [-0.05, 0) is 24.3 Å². The van der Waals surface area contributed by atoms with Gasteiger partial charge in [-0.25, -0.2) is 9.59 Å². The lowest BCUT2D eigenvalue weighted by Gasteiger charge is -2.16. The number of rotatable bonds is 13. The van der Waals surface area contributed by atoms with E-state index in [1.54, 1.807) is 6.92 Å². The second-order valence-corrected chi connectivity index (χ2v) is 6.60. The predicted octanol–water partition coefficient (Wildman–Crippen LogP) is 3.35. The largest absolute Gasteiger partial charge is 0.493 e. The molecule has 0 amide bonds. The Hall–Kier alpha value is -3.90. The Labute approximate surface area is 202 Å².